The molecule has 22 heavy (non-hydrogen) atoms. The number of aromatic hydroxyl groups is 1. The third-order valence-electron chi connectivity index (χ3n) is 3.48. The van der Waals surface area contributed by atoms with Crippen molar-refractivity contribution in [3.8, 4) is 5.75 Å². The number of fused-ring (bicyclic) bond motifs is 1. The molecule has 0 aliphatic carbocycles. The molecule has 1 unspecified atom stereocenters. The summed E-state index contributed by atoms with van der Waals surface area (Å²) in [4.78, 5) is 20.5. The number of nitrogens with one attached hydrogen (secondary N) is 1. The first-order valence-electron chi connectivity index (χ1n) is 6.95. The summed E-state index contributed by atoms with van der Waals surface area (Å²) in [6.07, 6.45) is 3.10. The van der Waals surface area contributed by atoms with E-state index in [1.165, 1.54) is 6.20 Å². The second-order valence-electron chi connectivity index (χ2n) is 5.00. The van der Waals surface area contributed by atoms with E-state index in [9.17, 15) is 9.90 Å². The van der Waals surface area contributed by atoms with Gasteiger partial charge in [0.2, 0.25) is 0 Å². The van der Waals surface area contributed by atoms with Crippen molar-refractivity contribution in [2.24, 2.45) is 0 Å². The number of carbonyl (C=O) groups excluding carboxylic acids is 1. The molecule has 1 amide bonds. The molecule has 1 atom stereocenters. The molecule has 0 saturated heterocycles. The van der Waals surface area contributed by atoms with Crippen LogP contribution in [0.2, 0.25) is 0 Å². The van der Waals surface area contributed by atoms with E-state index in [4.69, 9.17) is 0 Å². The van der Waals surface area contributed by atoms with Crippen LogP contribution in [0.1, 0.15) is 29.0 Å². The van der Waals surface area contributed by atoms with Gasteiger partial charge in [0.15, 0.2) is 11.4 Å². The van der Waals surface area contributed by atoms with Crippen LogP contribution < -0.4 is 5.32 Å². The van der Waals surface area contributed by atoms with E-state index >= 15 is 0 Å². The Balaban J connectivity index is 1.88. The standard InChI is InChI=1S/C17H15N3O2/c1-11(12-6-3-2-4-7-12)20-17(22)15-16(21)14-13(10-19-15)8-5-9-18-14/h2-11,21H,1H3,(H,20,22). The van der Waals surface area contributed by atoms with Crippen molar-refractivity contribution in [1.82, 2.24) is 15.3 Å². The van der Waals surface area contributed by atoms with Crippen LogP contribution in [0.4, 0.5) is 0 Å². The lowest BCUT2D eigenvalue weighted by Crippen LogP contribution is -2.27. The van der Waals surface area contributed by atoms with Crippen molar-refractivity contribution < 1.29 is 9.90 Å². The molecule has 0 saturated carbocycles. The fourth-order valence-corrected chi connectivity index (χ4v) is 2.28. The zero-order chi connectivity index (χ0) is 15.5. The van der Waals surface area contributed by atoms with Gasteiger partial charge in [-0.25, -0.2) is 4.98 Å². The van der Waals surface area contributed by atoms with Gasteiger partial charge < -0.3 is 10.4 Å². The summed E-state index contributed by atoms with van der Waals surface area (Å²) in [6, 6.07) is 12.9. The van der Waals surface area contributed by atoms with Crippen molar-refractivity contribution in [3.63, 3.8) is 0 Å². The van der Waals surface area contributed by atoms with Crippen LogP contribution in [0.15, 0.2) is 54.9 Å². The molecule has 2 aromatic heterocycles. The number of benzene rings is 1. The van der Waals surface area contributed by atoms with Crippen LogP contribution in [0.5, 0.6) is 5.75 Å². The number of carbonyl (C=O) groups is 1. The van der Waals surface area contributed by atoms with Crippen LogP contribution in [-0.2, 0) is 0 Å². The molecule has 0 radical (unpaired) electrons. The molecule has 0 aliphatic rings. The highest BCUT2D eigenvalue weighted by Gasteiger charge is 2.18. The molecule has 0 bridgehead atoms. The average molecular weight is 293 g/mol. The largest absolute Gasteiger partial charge is 0.504 e. The first kappa shape index (κ1) is 14.0. The van der Waals surface area contributed by atoms with E-state index in [0.717, 1.165) is 5.56 Å². The summed E-state index contributed by atoms with van der Waals surface area (Å²) in [5.41, 5.74) is 1.33. The Morgan fingerprint density at radius 1 is 1.14 bits per heavy atom. The SMILES string of the molecule is CC(NC(=O)c1ncc2cccnc2c1O)c1ccccc1. The van der Waals surface area contributed by atoms with Crippen molar-refractivity contribution in [1.29, 1.82) is 0 Å². The summed E-state index contributed by atoms with van der Waals surface area (Å²) in [6.45, 7) is 1.88. The molecular weight excluding hydrogens is 278 g/mol. The Kier molecular flexibility index (Phi) is 3.70. The van der Waals surface area contributed by atoms with Gasteiger partial charge in [-0.05, 0) is 24.6 Å². The maximum Gasteiger partial charge on any atom is 0.274 e. The van der Waals surface area contributed by atoms with Crippen LogP contribution in [-0.4, -0.2) is 21.0 Å². The highest BCUT2D eigenvalue weighted by atomic mass is 16.3. The zero-order valence-corrected chi connectivity index (χ0v) is 12.0. The molecule has 3 aromatic rings. The van der Waals surface area contributed by atoms with Gasteiger partial charge in [0.05, 0.1) is 6.04 Å². The molecule has 0 fully saturated rings. The van der Waals surface area contributed by atoms with Crippen molar-refractivity contribution >= 4 is 16.8 Å². The lowest BCUT2D eigenvalue weighted by atomic mass is 10.1. The fourth-order valence-electron chi connectivity index (χ4n) is 2.28. The molecule has 0 spiro atoms. The normalized spacial score (nSPS) is 12.0. The van der Waals surface area contributed by atoms with E-state index in [2.05, 4.69) is 15.3 Å². The molecule has 5 nitrogen and oxygen atoms in total. The van der Waals surface area contributed by atoms with Crippen molar-refractivity contribution in [2.75, 3.05) is 0 Å². The second kappa shape index (κ2) is 5.81. The molecular formula is C17H15N3O2. The van der Waals surface area contributed by atoms with Crippen LogP contribution in [0.3, 0.4) is 0 Å². The molecule has 0 aliphatic heterocycles. The van der Waals surface area contributed by atoms with E-state index in [1.54, 1.807) is 18.3 Å². The summed E-state index contributed by atoms with van der Waals surface area (Å²) in [7, 11) is 0. The van der Waals surface area contributed by atoms with Gasteiger partial charge in [-0.2, -0.15) is 0 Å². The van der Waals surface area contributed by atoms with Crippen LogP contribution >= 0.6 is 0 Å². The third-order valence-corrected chi connectivity index (χ3v) is 3.48. The smallest absolute Gasteiger partial charge is 0.274 e. The minimum atomic E-state index is -0.429. The second-order valence-corrected chi connectivity index (χ2v) is 5.00. The minimum absolute atomic E-state index is 0.0195. The molecule has 2 N–H and O–H groups in total. The van der Waals surface area contributed by atoms with Gasteiger partial charge in [0.1, 0.15) is 5.52 Å². The Hall–Kier alpha value is -2.95. The Bertz CT molecular complexity index is 819. The highest BCUT2D eigenvalue weighted by Crippen LogP contribution is 2.25. The van der Waals surface area contributed by atoms with Gasteiger partial charge >= 0.3 is 0 Å². The number of hydrogen-bond donors (Lipinski definition) is 2. The topological polar surface area (TPSA) is 75.1 Å². The molecule has 1 aromatic carbocycles. The maximum atomic E-state index is 12.3. The number of rotatable bonds is 3. The average Bonchev–Trinajstić information content (AvgIpc) is 2.56. The number of aromatic nitrogens is 2. The minimum Gasteiger partial charge on any atom is -0.504 e. The number of amides is 1. The van der Waals surface area contributed by atoms with Crippen molar-refractivity contribution in [2.45, 2.75) is 13.0 Å². The number of pyridine rings is 2. The number of nitrogens with zero attached hydrogens (tertiary/aromatic N) is 2. The van der Waals surface area contributed by atoms with Gasteiger partial charge in [0.25, 0.3) is 5.91 Å². The van der Waals surface area contributed by atoms with Crippen LogP contribution in [0.25, 0.3) is 10.9 Å². The van der Waals surface area contributed by atoms with Gasteiger partial charge in [-0.3, -0.25) is 9.78 Å². The van der Waals surface area contributed by atoms with E-state index < -0.39 is 5.91 Å². The van der Waals surface area contributed by atoms with Gasteiger partial charge in [-0.1, -0.05) is 30.3 Å². The van der Waals surface area contributed by atoms with E-state index in [0.29, 0.717) is 10.9 Å². The summed E-state index contributed by atoms with van der Waals surface area (Å²) >= 11 is 0. The first-order valence-corrected chi connectivity index (χ1v) is 6.95. The summed E-state index contributed by atoms with van der Waals surface area (Å²) in [5, 5.41) is 13.7. The molecule has 3 rings (SSSR count). The molecule has 2 heterocycles. The lowest BCUT2D eigenvalue weighted by molar-refractivity contribution is 0.0932. The highest BCUT2D eigenvalue weighted by molar-refractivity contribution is 6.00. The van der Waals surface area contributed by atoms with E-state index in [-0.39, 0.29) is 17.5 Å². The monoisotopic (exact) mass is 293 g/mol. The van der Waals surface area contributed by atoms with Crippen molar-refractivity contribution in [3.05, 3.63) is 66.1 Å². The van der Waals surface area contributed by atoms with Gasteiger partial charge in [0, 0.05) is 17.8 Å². The lowest BCUT2D eigenvalue weighted by Gasteiger charge is -2.14. The molecule has 110 valence electrons. The Labute approximate surface area is 127 Å². The Morgan fingerprint density at radius 2 is 1.91 bits per heavy atom. The fraction of sp³-hybridized carbons (Fsp3) is 0.118. The quantitative estimate of drug-likeness (QED) is 0.778. The Morgan fingerprint density at radius 3 is 2.68 bits per heavy atom. The van der Waals surface area contributed by atoms with E-state index in [1.807, 2.05) is 37.3 Å². The zero-order valence-electron chi connectivity index (χ0n) is 12.0. The predicted octanol–water partition coefficient (Wildman–Crippen LogP) is 2.83. The third kappa shape index (κ3) is 2.61. The maximum absolute atomic E-state index is 12.3. The number of hydrogen-bond acceptors (Lipinski definition) is 4. The molecule has 5 heteroatoms. The predicted molar refractivity (Wildman–Crippen MR) is 83.5 cm³/mol. The first-order chi connectivity index (χ1) is 10.7. The van der Waals surface area contributed by atoms with Crippen LogP contribution in [0, 0.1) is 0 Å². The summed E-state index contributed by atoms with van der Waals surface area (Å²) < 4.78 is 0. The summed E-state index contributed by atoms with van der Waals surface area (Å²) in [5.74, 6) is -0.628. The van der Waals surface area contributed by atoms with Gasteiger partial charge in [-0.15, -0.1) is 0 Å².